The first-order chi connectivity index (χ1) is 13.5. The number of aromatic nitrogens is 2. The number of aromatic carboxylic acids is 1. The summed E-state index contributed by atoms with van der Waals surface area (Å²) in [5, 5.41) is 9.53. The average Bonchev–Trinajstić information content (AvgIpc) is 3.07. The fraction of sp³-hybridized carbons (Fsp3) is 0.381. The molecule has 0 atom stereocenters. The second kappa shape index (κ2) is 9.50. The Morgan fingerprint density at radius 2 is 1.68 bits per heavy atom. The molecule has 0 aliphatic carbocycles. The molecule has 0 unspecified atom stereocenters. The van der Waals surface area contributed by atoms with Gasteiger partial charge in [-0.1, -0.05) is 37.8 Å². The first-order valence-electron chi connectivity index (χ1n) is 9.63. The molecule has 0 radical (unpaired) electrons. The Kier molecular flexibility index (Phi) is 6.81. The van der Waals surface area contributed by atoms with Crippen molar-refractivity contribution in [2.24, 2.45) is 0 Å². The normalized spacial score (nSPS) is 11.1. The van der Waals surface area contributed by atoms with E-state index < -0.39 is 5.97 Å². The molecule has 0 bridgehead atoms. The maximum atomic E-state index is 11.8. The molecule has 0 aliphatic heterocycles. The summed E-state index contributed by atoms with van der Waals surface area (Å²) in [4.78, 5) is 31.3. The van der Waals surface area contributed by atoms with Gasteiger partial charge in [-0.3, -0.25) is 9.78 Å². The van der Waals surface area contributed by atoms with Crippen LogP contribution in [0.5, 0.6) is 0 Å². The maximum Gasteiger partial charge on any atom is 0.335 e. The third-order valence-electron chi connectivity index (χ3n) is 4.81. The predicted molar refractivity (Wildman–Crippen MR) is 113 cm³/mol. The summed E-state index contributed by atoms with van der Waals surface area (Å²) in [5.74, 6) is -0.710. The number of carboxylic acids is 1. The molecule has 0 fully saturated rings. The van der Waals surface area contributed by atoms with E-state index in [0.29, 0.717) is 15.8 Å². The minimum atomic E-state index is -0.880. The summed E-state index contributed by atoms with van der Waals surface area (Å²) in [6.07, 6.45) is 8.96. The number of hydrogen-bond donors (Lipinski definition) is 3. The number of anilines is 1. The zero-order valence-electron chi connectivity index (χ0n) is 15.7. The molecule has 6 nitrogen and oxygen atoms in total. The average molecular weight is 400 g/mol. The van der Waals surface area contributed by atoms with Crippen LogP contribution in [0.1, 0.15) is 59.3 Å². The Balaban J connectivity index is 1.30. The Bertz CT molecular complexity index is 992. The number of hydrogen-bond acceptors (Lipinski definition) is 5. The molecule has 7 heteroatoms. The van der Waals surface area contributed by atoms with Crippen LogP contribution in [0.15, 0.2) is 35.1 Å². The predicted octanol–water partition coefficient (Wildman–Crippen LogP) is 4.39. The molecular formula is C21H25N3O3S. The van der Waals surface area contributed by atoms with Crippen molar-refractivity contribution in [3.63, 3.8) is 0 Å². The lowest BCUT2D eigenvalue weighted by atomic mass is 10.0. The van der Waals surface area contributed by atoms with Crippen LogP contribution < -0.4 is 11.3 Å². The van der Waals surface area contributed by atoms with E-state index in [4.69, 9.17) is 10.8 Å². The molecule has 2 heterocycles. The van der Waals surface area contributed by atoms with Crippen molar-refractivity contribution < 1.29 is 9.90 Å². The number of unbranched alkanes of at least 4 members (excludes halogenated alkanes) is 5. The third-order valence-corrected chi connectivity index (χ3v) is 5.90. The summed E-state index contributed by atoms with van der Waals surface area (Å²) in [6, 6.07) is 9.08. The van der Waals surface area contributed by atoms with E-state index in [1.165, 1.54) is 36.1 Å². The van der Waals surface area contributed by atoms with E-state index in [9.17, 15) is 9.59 Å². The van der Waals surface area contributed by atoms with Gasteiger partial charge < -0.3 is 10.8 Å². The Labute approximate surface area is 167 Å². The molecular weight excluding hydrogens is 374 g/mol. The molecule has 0 amide bonds. The van der Waals surface area contributed by atoms with Gasteiger partial charge in [0.05, 0.1) is 10.9 Å². The van der Waals surface area contributed by atoms with Gasteiger partial charge in [-0.15, -0.1) is 11.3 Å². The first kappa shape index (κ1) is 20.1. The highest BCUT2D eigenvalue weighted by Gasteiger charge is 2.07. The molecule has 3 aromatic rings. The zero-order chi connectivity index (χ0) is 19.9. The minimum absolute atomic E-state index is 0.164. The molecule has 148 valence electrons. The number of benzene rings is 1. The number of nitrogen functional groups attached to an aromatic ring is 1. The van der Waals surface area contributed by atoms with Crippen molar-refractivity contribution in [2.45, 2.75) is 51.4 Å². The Morgan fingerprint density at radius 1 is 1.04 bits per heavy atom. The Hall–Kier alpha value is -2.67. The number of nitrogens with two attached hydrogens (primary N) is 1. The quantitative estimate of drug-likeness (QED) is 0.438. The van der Waals surface area contributed by atoms with E-state index in [-0.39, 0.29) is 11.5 Å². The molecule has 0 spiro atoms. The van der Waals surface area contributed by atoms with Crippen LogP contribution in [-0.2, 0) is 12.8 Å². The number of carbonyl (C=O) groups is 1. The number of fused-ring (bicyclic) bond motifs is 1. The van der Waals surface area contributed by atoms with E-state index >= 15 is 0 Å². The number of nitrogens with zero attached hydrogens (tertiary/aromatic N) is 1. The number of thiophene rings is 1. The van der Waals surface area contributed by atoms with Crippen molar-refractivity contribution in [1.82, 2.24) is 9.97 Å². The van der Waals surface area contributed by atoms with Gasteiger partial charge in [0.2, 0.25) is 5.95 Å². The van der Waals surface area contributed by atoms with E-state index in [0.717, 1.165) is 25.7 Å². The monoisotopic (exact) mass is 399 g/mol. The SMILES string of the molecule is Nc1nc2sc(CCCCCCCCc3ccc(C(=O)O)cc3)cc2c(=O)[nH]1. The van der Waals surface area contributed by atoms with Gasteiger partial charge in [-0.05, 0) is 49.4 Å². The molecule has 0 saturated carbocycles. The van der Waals surface area contributed by atoms with Crippen molar-refractivity contribution >= 4 is 33.5 Å². The van der Waals surface area contributed by atoms with E-state index in [1.807, 2.05) is 18.2 Å². The van der Waals surface area contributed by atoms with Gasteiger partial charge in [0.25, 0.3) is 5.56 Å². The van der Waals surface area contributed by atoms with Crippen LogP contribution in [0.3, 0.4) is 0 Å². The number of aromatic amines is 1. The summed E-state index contributed by atoms with van der Waals surface area (Å²) in [7, 11) is 0. The highest BCUT2D eigenvalue weighted by atomic mass is 32.1. The van der Waals surface area contributed by atoms with Gasteiger partial charge in [0, 0.05) is 4.88 Å². The van der Waals surface area contributed by atoms with Gasteiger partial charge in [-0.25, -0.2) is 9.78 Å². The third kappa shape index (κ3) is 5.42. The van der Waals surface area contributed by atoms with Crippen molar-refractivity contribution in [1.29, 1.82) is 0 Å². The van der Waals surface area contributed by atoms with Gasteiger partial charge in [0.1, 0.15) is 4.83 Å². The molecule has 1 aromatic carbocycles. The first-order valence-corrected chi connectivity index (χ1v) is 10.4. The molecule has 3 rings (SSSR count). The zero-order valence-corrected chi connectivity index (χ0v) is 16.6. The lowest BCUT2D eigenvalue weighted by Gasteiger charge is -2.03. The number of aryl methyl sites for hydroxylation is 2. The molecule has 2 aromatic heterocycles. The van der Waals surface area contributed by atoms with Crippen LogP contribution in [-0.4, -0.2) is 21.0 Å². The van der Waals surface area contributed by atoms with Crippen molar-refractivity contribution in [3.8, 4) is 0 Å². The van der Waals surface area contributed by atoms with Crippen LogP contribution >= 0.6 is 11.3 Å². The molecule has 0 saturated heterocycles. The minimum Gasteiger partial charge on any atom is -0.478 e. The Morgan fingerprint density at radius 3 is 2.36 bits per heavy atom. The van der Waals surface area contributed by atoms with Gasteiger partial charge in [-0.2, -0.15) is 0 Å². The standard InChI is InChI=1S/C21H25N3O3S/c22-21-23-18(25)17-13-16(28-19(17)24-21)8-6-4-2-1-3-5-7-14-9-11-15(12-10-14)20(26)27/h9-13H,1-8H2,(H,26,27)(H3,22,23,24,25). The number of nitrogens with one attached hydrogen (secondary N) is 1. The van der Waals surface area contributed by atoms with Gasteiger partial charge in [0.15, 0.2) is 0 Å². The topological polar surface area (TPSA) is 109 Å². The second-order valence-corrected chi connectivity index (χ2v) is 8.12. The van der Waals surface area contributed by atoms with Gasteiger partial charge >= 0.3 is 5.97 Å². The molecule has 4 N–H and O–H groups in total. The summed E-state index contributed by atoms with van der Waals surface area (Å²) in [6.45, 7) is 0. The molecule has 0 aliphatic rings. The highest BCUT2D eigenvalue weighted by Crippen LogP contribution is 2.23. The summed E-state index contributed by atoms with van der Waals surface area (Å²) in [5.41, 5.74) is 6.95. The maximum absolute atomic E-state index is 11.8. The second-order valence-electron chi connectivity index (χ2n) is 7.01. The summed E-state index contributed by atoms with van der Waals surface area (Å²) >= 11 is 1.55. The van der Waals surface area contributed by atoms with Crippen molar-refractivity contribution in [3.05, 3.63) is 56.7 Å². The summed E-state index contributed by atoms with van der Waals surface area (Å²) < 4.78 is 0. The number of rotatable bonds is 10. The number of carboxylic acid groups (broad SMARTS) is 1. The number of H-pyrrole nitrogens is 1. The van der Waals surface area contributed by atoms with E-state index in [2.05, 4.69) is 9.97 Å². The highest BCUT2D eigenvalue weighted by molar-refractivity contribution is 7.18. The largest absolute Gasteiger partial charge is 0.478 e. The molecule has 28 heavy (non-hydrogen) atoms. The lowest BCUT2D eigenvalue weighted by Crippen LogP contribution is -2.09. The smallest absolute Gasteiger partial charge is 0.335 e. The van der Waals surface area contributed by atoms with E-state index in [1.54, 1.807) is 23.5 Å². The lowest BCUT2D eigenvalue weighted by molar-refractivity contribution is 0.0697. The van der Waals surface area contributed by atoms with Crippen LogP contribution in [0.2, 0.25) is 0 Å². The fourth-order valence-corrected chi connectivity index (χ4v) is 4.35. The van der Waals surface area contributed by atoms with Crippen molar-refractivity contribution in [2.75, 3.05) is 5.73 Å². The fourth-order valence-electron chi connectivity index (χ4n) is 3.27. The van der Waals surface area contributed by atoms with Crippen LogP contribution in [0.25, 0.3) is 10.2 Å². The van der Waals surface area contributed by atoms with Crippen LogP contribution in [0, 0.1) is 0 Å². The van der Waals surface area contributed by atoms with Crippen LogP contribution in [0.4, 0.5) is 5.95 Å².